The lowest BCUT2D eigenvalue weighted by Gasteiger charge is -2.38. The molecule has 1 aliphatic heterocycles. The molecule has 2 aromatic carbocycles. The maximum Gasteiger partial charge on any atom is 0.173 e. The lowest BCUT2D eigenvalue weighted by molar-refractivity contribution is 0.159. The summed E-state index contributed by atoms with van der Waals surface area (Å²) in [6.45, 7) is 8.41. The highest BCUT2D eigenvalue weighted by Gasteiger charge is 2.34. The third-order valence-electron chi connectivity index (χ3n) is 5.95. The van der Waals surface area contributed by atoms with E-state index in [-0.39, 0.29) is 11.6 Å². The van der Waals surface area contributed by atoms with Crippen LogP contribution in [-0.2, 0) is 5.54 Å². The zero-order chi connectivity index (χ0) is 21.1. The van der Waals surface area contributed by atoms with Crippen molar-refractivity contribution in [1.82, 2.24) is 25.1 Å². The van der Waals surface area contributed by atoms with Crippen LogP contribution in [0.3, 0.4) is 0 Å². The molecule has 30 heavy (non-hydrogen) atoms. The van der Waals surface area contributed by atoms with Gasteiger partial charge < -0.3 is 4.74 Å². The standard InChI is InChI=1S/C24H31N5O/c1-24(2,3)29-23(25-26-27-29)22(20-11-8-12-21(17-20)30-4)28-15-13-19(14-16-28)18-9-6-5-7-10-18/h5-12,17,19,22H,13-16H2,1-4H3/t22-/m0/s1. The number of benzene rings is 2. The van der Waals surface area contributed by atoms with Crippen molar-refractivity contribution in [1.29, 1.82) is 0 Å². The fourth-order valence-electron chi connectivity index (χ4n) is 4.39. The van der Waals surface area contributed by atoms with Gasteiger partial charge in [-0.3, -0.25) is 4.90 Å². The Hall–Kier alpha value is -2.73. The quantitative estimate of drug-likeness (QED) is 0.629. The smallest absolute Gasteiger partial charge is 0.173 e. The Labute approximate surface area is 178 Å². The molecule has 3 aromatic rings. The molecule has 0 bridgehead atoms. The number of methoxy groups -OCH3 is 1. The van der Waals surface area contributed by atoms with Crippen LogP contribution in [0.1, 0.15) is 62.5 Å². The van der Waals surface area contributed by atoms with Crippen molar-refractivity contribution < 1.29 is 4.74 Å². The Morgan fingerprint density at radius 3 is 2.40 bits per heavy atom. The average Bonchev–Trinajstić information content (AvgIpc) is 3.25. The van der Waals surface area contributed by atoms with E-state index in [1.165, 1.54) is 5.56 Å². The maximum absolute atomic E-state index is 5.51. The van der Waals surface area contributed by atoms with Gasteiger partial charge >= 0.3 is 0 Å². The third-order valence-corrected chi connectivity index (χ3v) is 5.95. The van der Waals surface area contributed by atoms with E-state index < -0.39 is 0 Å². The Bertz CT molecular complexity index is 955. The SMILES string of the molecule is COc1cccc([C@@H](c2nnnn2C(C)(C)C)N2CCC(c3ccccc3)CC2)c1. The van der Waals surface area contributed by atoms with Crippen LogP contribution in [-0.4, -0.2) is 45.3 Å². The first kappa shape index (κ1) is 20.5. The molecule has 6 nitrogen and oxygen atoms in total. The van der Waals surface area contributed by atoms with Crippen molar-refractivity contribution >= 4 is 0 Å². The zero-order valence-corrected chi connectivity index (χ0v) is 18.3. The molecule has 0 saturated carbocycles. The molecule has 0 aliphatic carbocycles. The van der Waals surface area contributed by atoms with Crippen LogP contribution in [0.25, 0.3) is 0 Å². The van der Waals surface area contributed by atoms with Crippen LogP contribution < -0.4 is 4.74 Å². The molecule has 0 N–H and O–H groups in total. The molecule has 1 aromatic heterocycles. The Balaban J connectivity index is 1.66. The van der Waals surface area contributed by atoms with Crippen LogP contribution >= 0.6 is 0 Å². The second kappa shape index (κ2) is 8.56. The zero-order valence-electron chi connectivity index (χ0n) is 18.3. The number of nitrogens with zero attached hydrogens (tertiary/aromatic N) is 5. The van der Waals surface area contributed by atoms with Gasteiger partial charge in [-0.2, -0.15) is 0 Å². The third kappa shape index (κ3) is 4.24. The molecule has 6 heteroatoms. The van der Waals surface area contributed by atoms with Gasteiger partial charge in [0.25, 0.3) is 0 Å². The summed E-state index contributed by atoms with van der Waals surface area (Å²) in [6, 6.07) is 19.1. The molecule has 158 valence electrons. The van der Waals surface area contributed by atoms with Gasteiger partial charge in [-0.15, -0.1) is 5.10 Å². The fourth-order valence-corrected chi connectivity index (χ4v) is 4.39. The van der Waals surface area contributed by atoms with Gasteiger partial charge in [0.15, 0.2) is 5.82 Å². The Morgan fingerprint density at radius 2 is 1.73 bits per heavy atom. The van der Waals surface area contributed by atoms with Crippen molar-refractivity contribution in [3.63, 3.8) is 0 Å². The van der Waals surface area contributed by atoms with Crippen LogP contribution in [0.15, 0.2) is 54.6 Å². The molecular formula is C24H31N5O. The largest absolute Gasteiger partial charge is 0.497 e. The highest BCUT2D eigenvalue weighted by molar-refractivity contribution is 5.34. The number of tetrazole rings is 1. The molecule has 1 saturated heterocycles. The van der Waals surface area contributed by atoms with Gasteiger partial charge in [-0.05, 0) is 86.3 Å². The molecule has 0 spiro atoms. The molecule has 1 atom stereocenters. The second-order valence-electron chi connectivity index (χ2n) is 9.02. The van der Waals surface area contributed by atoms with E-state index in [9.17, 15) is 0 Å². The minimum absolute atomic E-state index is 0.00829. The summed E-state index contributed by atoms with van der Waals surface area (Å²) in [5, 5.41) is 12.9. The predicted molar refractivity (Wildman–Crippen MR) is 118 cm³/mol. The average molecular weight is 406 g/mol. The Kier molecular flexibility index (Phi) is 5.86. The van der Waals surface area contributed by atoms with E-state index in [1.807, 2.05) is 16.8 Å². The van der Waals surface area contributed by atoms with E-state index in [2.05, 4.69) is 83.7 Å². The van der Waals surface area contributed by atoms with Crippen LogP contribution in [0.5, 0.6) is 5.75 Å². The van der Waals surface area contributed by atoms with E-state index in [4.69, 9.17) is 4.74 Å². The monoisotopic (exact) mass is 405 g/mol. The molecule has 0 amide bonds. The minimum atomic E-state index is -0.196. The van der Waals surface area contributed by atoms with Gasteiger partial charge in [0.2, 0.25) is 0 Å². The molecule has 1 fully saturated rings. The number of likely N-dealkylation sites (tertiary alicyclic amines) is 1. The van der Waals surface area contributed by atoms with Gasteiger partial charge in [0.05, 0.1) is 18.7 Å². The number of ether oxygens (including phenoxy) is 1. The summed E-state index contributed by atoms with van der Waals surface area (Å²) in [5.41, 5.74) is 2.40. The van der Waals surface area contributed by atoms with Crippen molar-refractivity contribution in [2.45, 2.75) is 51.1 Å². The van der Waals surface area contributed by atoms with Gasteiger partial charge in [-0.1, -0.05) is 42.5 Å². The fraction of sp³-hybridized carbons (Fsp3) is 0.458. The van der Waals surface area contributed by atoms with Gasteiger partial charge in [0, 0.05) is 0 Å². The van der Waals surface area contributed by atoms with E-state index in [1.54, 1.807) is 7.11 Å². The van der Waals surface area contributed by atoms with Crippen LogP contribution in [0, 0.1) is 0 Å². The normalized spacial score (nSPS) is 17.1. The molecule has 0 unspecified atom stereocenters. The summed E-state index contributed by atoms with van der Waals surface area (Å²) >= 11 is 0. The second-order valence-corrected chi connectivity index (χ2v) is 9.02. The first-order valence-electron chi connectivity index (χ1n) is 10.7. The van der Waals surface area contributed by atoms with Crippen LogP contribution in [0.2, 0.25) is 0 Å². The topological polar surface area (TPSA) is 56.1 Å². The van der Waals surface area contributed by atoms with Crippen LogP contribution in [0.4, 0.5) is 0 Å². The van der Waals surface area contributed by atoms with E-state index in [0.717, 1.165) is 43.1 Å². The maximum atomic E-state index is 5.51. The summed E-state index contributed by atoms with van der Waals surface area (Å²) < 4.78 is 7.46. The summed E-state index contributed by atoms with van der Waals surface area (Å²) in [7, 11) is 1.71. The molecule has 1 aliphatic rings. The minimum Gasteiger partial charge on any atom is -0.497 e. The number of hydrogen-bond donors (Lipinski definition) is 0. The summed E-state index contributed by atoms with van der Waals surface area (Å²) in [6.07, 6.45) is 2.25. The molecule has 4 rings (SSSR count). The number of aromatic nitrogens is 4. The summed E-state index contributed by atoms with van der Waals surface area (Å²) in [5.74, 6) is 2.34. The van der Waals surface area contributed by atoms with Crippen molar-refractivity contribution in [3.8, 4) is 5.75 Å². The van der Waals surface area contributed by atoms with E-state index in [0.29, 0.717) is 5.92 Å². The lowest BCUT2D eigenvalue weighted by atomic mass is 9.88. The summed E-state index contributed by atoms with van der Waals surface area (Å²) in [4.78, 5) is 2.52. The van der Waals surface area contributed by atoms with E-state index >= 15 is 0 Å². The van der Waals surface area contributed by atoms with Gasteiger partial charge in [-0.25, -0.2) is 4.68 Å². The molecular weight excluding hydrogens is 374 g/mol. The predicted octanol–water partition coefficient (Wildman–Crippen LogP) is 4.41. The van der Waals surface area contributed by atoms with Crippen molar-refractivity contribution in [2.75, 3.05) is 20.2 Å². The lowest BCUT2D eigenvalue weighted by Crippen LogP contribution is -2.39. The Morgan fingerprint density at radius 1 is 1.00 bits per heavy atom. The molecule has 0 radical (unpaired) electrons. The number of rotatable bonds is 5. The number of piperidine rings is 1. The van der Waals surface area contributed by atoms with Crippen molar-refractivity contribution in [2.24, 2.45) is 0 Å². The highest BCUT2D eigenvalue weighted by Crippen LogP contribution is 2.36. The first-order chi connectivity index (χ1) is 14.5. The molecule has 2 heterocycles. The number of hydrogen-bond acceptors (Lipinski definition) is 5. The van der Waals surface area contributed by atoms with Crippen molar-refractivity contribution in [3.05, 3.63) is 71.5 Å². The van der Waals surface area contributed by atoms with Gasteiger partial charge in [0.1, 0.15) is 5.75 Å². The highest BCUT2D eigenvalue weighted by atomic mass is 16.5. The first-order valence-corrected chi connectivity index (χ1v) is 10.7.